The fraction of sp³-hybridized carbons (Fsp3) is 0.118. The summed E-state index contributed by atoms with van der Waals surface area (Å²) in [6.07, 6.45) is 3.27. The maximum absolute atomic E-state index is 12.1. The molecule has 0 unspecified atom stereocenters. The summed E-state index contributed by atoms with van der Waals surface area (Å²) in [5.74, 6) is 0.326. The number of benzene rings is 1. The monoisotopic (exact) mass is 325 g/mol. The average Bonchev–Trinajstić information content (AvgIpc) is 3.02. The average molecular weight is 325 g/mol. The second-order valence-electron chi connectivity index (χ2n) is 5.09. The van der Waals surface area contributed by atoms with E-state index in [-0.39, 0.29) is 18.0 Å². The molecule has 3 rings (SSSR count). The largest absolute Gasteiger partial charge is 0.335 e. The van der Waals surface area contributed by atoms with Crippen LogP contribution in [0.15, 0.2) is 52.6 Å². The Kier molecular flexibility index (Phi) is 4.34. The van der Waals surface area contributed by atoms with Gasteiger partial charge in [-0.2, -0.15) is 0 Å². The van der Waals surface area contributed by atoms with Crippen LogP contribution < -0.4 is 5.56 Å². The van der Waals surface area contributed by atoms with E-state index in [0.717, 1.165) is 5.56 Å². The lowest BCUT2D eigenvalue weighted by Gasteiger charge is -2.14. The number of H-pyrrole nitrogens is 1. The van der Waals surface area contributed by atoms with Crippen LogP contribution in [0.2, 0.25) is 0 Å². The molecule has 0 radical (unpaired) electrons. The van der Waals surface area contributed by atoms with Gasteiger partial charge in [0.15, 0.2) is 0 Å². The highest BCUT2D eigenvalue weighted by molar-refractivity contribution is 7.17. The van der Waals surface area contributed by atoms with Crippen molar-refractivity contribution in [1.29, 1.82) is 0 Å². The van der Waals surface area contributed by atoms with Crippen LogP contribution in [-0.4, -0.2) is 27.8 Å². The van der Waals surface area contributed by atoms with Crippen LogP contribution in [0.1, 0.15) is 11.4 Å². The zero-order valence-electron chi connectivity index (χ0n) is 12.5. The van der Waals surface area contributed by atoms with Gasteiger partial charge in [-0.1, -0.05) is 30.3 Å². The van der Waals surface area contributed by atoms with E-state index in [1.807, 2.05) is 35.7 Å². The second-order valence-corrected chi connectivity index (χ2v) is 6.00. The zero-order valence-corrected chi connectivity index (χ0v) is 13.3. The third kappa shape index (κ3) is 3.54. The van der Waals surface area contributed by atoms with Crippen LogP contribution in [-0.2, 0) is 11.3 Å². The molecule has 116 valence electrons. The van der Waals surface area contributed by atoms with Gasteiger partial charge < -0.3 is 9.88 Å². The van der Waals surface area contributed by atoms with Crippen molar-refractivity contribution < 1.29 is 4.79 Å². The van der Waals surface area contributed by atoms with Crippen molar-refractivity contribution >= 4 is 33.5 Å². The number of hydrogen-bond acceptors (Lipinski definition) is 4. The van der Waals surface area contributed by atoms with Crippen LogP contribution in [0.4, 0.5) is 0 Å². The van der Waals surface area contributed by atoms with Gasteiger partial charge in [-0.25, -0.2) is 4.98 Å². The fourth-order valence-corrected chi connectivity index (χ4v) is 2.88. The first-order valence-corrected chi connectivity index (χ1v) is 7.96. The Morgan fingerprint density at radius 3 is 2.87 bits per heavy atom. The Morgan fingerprint density at radius 1 is 1.30 bits per heavy atom. The number of rotatable bonds is 4. The molecule has 3 aromatic rings. The highest BCUT2D eigenvalue weighted by atomic mass is 32.1. The van der Waals surface area contributed by atoms with E-state index in [0.29, 0.717) is 16.0 Å². The molecule has 5 nitrogen and oxygen atoms in total. The quantitative estimate of drug-likeness (QED) is 0.750. The summed E-state index contributed by atoms with van der Waals surface area (Å²) < 4.78 is 0.603. The molecule has 0 atom stereocenters. The third-order valence-corrected chi connectivity index (χ3v) is 4.25. The van der Waals surface area contributed by atoms with E-state index in [1.165, 1.54) is 22.3 Å². The smallest absolute Gasteiger partial charge is 0.268 e. The van der Waals surface area contributed by atoms with E-state index in [2.05, 4.69) is 9.97 Å². The van der Waals surface area contributed by atoms with Gasteiger partial charge in [-0.05, 0) is 23.1 Å². The van der Waals surface area contributed by atoms with Gasteiger partial charge in [-0.15, -0.1) is 11.3 Å². The van der Waals surface area contributed by atoms with E-state index >= 15 is 0 Å². The van der Waals surface area contributed by atoms with Gasteiger partial charge in [0.25, 0.3) is 5.56 Å². The van der Waals surface area contributed by atoms with Crippen LogP contribution in [0.5, 0.6) is 0 Å². The van der Waals surface area contributed by atoms with Crippen LogP contribution in [0.25, 0.3) is 16.3 Å². The SMILES string of the molecule is CN(Cc1nc2ccsc2c(=O)[nH]1)C(=O)/C=C/c1ccccc1. The number of hydrogen-bond donors (Lipinski definition) is 1. The number of nitrogens with one attached hydrogen (secondary N) is 1. The summed E-state index contributed by atoms with van der Waals surface area (Å²) in [5, 5.41) is 1.83. The number of aromatic amines is 1. The van der Waals surface area contributed by atoms with Crippen molar-refractivity contribution in [2.75, 3.05) is 7.05 Å². The second kappa shape index (κ2) is 6.58. The van der Waals surface area contributed by atoms with Crippen molar-refractivity contribution in [3.63, 3.8) is 0 Å². The maximum Gasteiger partial charge on any atom is 0.268 e. The molecule has 6 heteroatoms. The molecule has 0 saturated carbocycles. The number of amides is 1. The summed E-state index contributed by atoms with van der Waals surface area (Å²) in [4.78, 5) is 32.7. The molecule has 0 fully saturated rings. The molecular weight excluding hydrogens is 310 g/mol. The number of carbonyl (C=O) groups excluding carboxylic acids is 1. The van der Waals surface area contributed by atoms with E-state index in [1.54, 1.807) is 19.2 Å². The molecule has 0 spiro atoms. The van der Waals surface area contributed by atoms with E-state index < -0.39 is 0 Å². The van der Waals surface area contributed by atoms with Gasteiger partial charge in [0.05, 0.1) is 12.1 Å². The first-order valence-electron chi connectivity index (χ1n) is 7.08. The predicted molar refractivity (Wildman–Crippen MR) is 92.2 cm³/mol. The van der Waals surface area contributed by atoms with Gasteiger partial charge in [-0.3, -0.25) is 9.59 Å². The van der Waals surface area contributed by atoms with E-state index in [4.69, 9.17) is 0 Å². The van der Waals surface area contributed by atoms with Crippen molar-refractivity contribution in [2.24, 2.45) is 0 Å². The lowest BCUT2D eigenvalue weighted by Crippen LogP contribution is -2.26. The Hall–Kier alpha value is -2.73. The van der Waals surface area contributed by atoms with Crippen molar-refractivity contribution in [1.82, 2.24) is 14.9 Å². The molecule has 0 aliphatic carbocycles. The predicted octanol–water partition coefficient (Wildman–Crippen LogP) is 2.66. The first kappa shape index (κ1) is 15.2. The van der Waals surface area contributed by atoms with Gasteiger partial charge in [0, 0.05) is 13.1 Å². The fourth-order valence-electron chi connectivity index (χ4n) is 2.16. The minimum absolute atomic E-state index is 0.151. The minimum atomic E-state index is -0.166. The maximum atomic E-state index is 12.1. The standard InChI is InChI=1S/C17H15N3O2S/c1-20(15(21)8-7-12-5-3-2-4-6-12)11-14-18-13-9-10-23-16(13)17(22)19-14/h2-10H,11H2,1H3,(H,18,19,22)/b8-7+. The molecule has 2 aromatic heterocycles. The lowest BCUT2D eigenvalue weighted by atomic mass is 10.2. The van der Waals surface area contributed by atoms with Crippen LogP contribution >= 0.6 is 11.3 Å². The number of nitrogens with zero attached hydrogens (tertiary/aromatic N) is 2. The summed E-state index contributed by atoms with van der Waals surface area (Å²) in [6.45, 7) is 0.249. The molecule has 1 N–H and O–H groups in total. The minimum Gasteiger partial charge on any atom is -0.335 e. The first-order chi connectivity index (χ1) is 11.1. The van der Waals surface area contributed by atoms with Crippen molar-refractivity contribution in [3.8, 4) is 0 Å². The summed E-state index contributed by atoms with van der Waals surface area (Å²) >= 11 is 1.36. The Morgan fingerprint density at radius 2 is 2.09 bits per heavy atom. The van der Waals surface area contributed by atoms with Crippen molar-refractivity contribution in [2.45, 2.75) is 6.54 Å². The zero-order chi connectivity index (χ0) is 16.2. The number of aromatic nitrogens is 2. The van der Waals surface area contributed by atoms with Crippen LogP contribution in [0.3, 0.4) is 0 Å². The highest BCUT2D eigenvalue weighted by Crippen LogP contribution is 2.14. The van der Waals surface area contributed by atoms with Gasteiger partial charge >= 0.3 is 0 Å². The van der Waals surface area contributed by atoms with Gasteiger partial charge in [0.2, 0.25) is 5.91 Å². The molecule has 23 heavy (non-hydrogen) atoms. The number of thiophene rings is 1. The Labute approximate surface area is 136 Å². The molecule has 2 heterocycles. The summed E-state index contributed by atoms with van der Waals surface area (Å²) in [5.41, 5.74) is 1.45. The molecule has 1 amide bonds. The molecular formula is C17H15N3O2S. The third-order valence-electron chi connectivity index (χ3n) is 3.34. The Balaban J connectivity index is 1.72. The summed E-state index contributed by atoms with van der Waals surface area (Å²) in [7, 11) is 1.68. The summed E-state index contributed by atoms with van der Waals surface area (Å²) in [6, 6.07) is 11.4. The Bertz CT molecular complexity index is 912. The molecule has 0 bridgehead atoms. The number of fused-ring (bicyclic) bond motifs is 1. The number of likely N-dealkylation sites (N-methyl/N-ethyl adjacent to an activating group) is 1. The van der Waals surface area contributed by atoms with E-state index in [9.17, 15) is 9.59 Å². The lowest BCUT2D eigenvalue weighted by molar-refractivity contribution is -0.125. The van der Waals surface area contributed by atoms with Crippen molar-refractivity contribution in [3.05, 3.63) is 69.6 Å². The normalized spacial score (nSPS) is 11.2. The molecule has 0 aliphatic heterocycles. The molecule has 1 aromatic carbocycles. The number of carbonyl (C=O) groups is 1. The molecule has 0 saturated heterocycles. The highest BCUT2D eigenvalue weighted by Gasteiger charge is 2.10. The molecule has 0 aliphatic rings. The van der Waals surface area contributed by atoms with Crippen LogP contribution in [0, 0.1) is 0 Å². The van der Waals surface area contributed by atoms with Gasteiger partial charge in [0.1, 0.15) is 10.5 Å². The topological polar surface area (TPSA) is 66.1 Å².